The first-order valence-electron chi connectivity index (χ1n) is 7.35. The Kier molecular flexibility index (Phi) is 5.81. The van der Waals surface area contributed by atoms with E-state index in [1.165, 1.54) is 5.00 Å². The number of aliphatic imine (C=N–C) groups is 1. The van der Waals surface area contributed by atoms with Gasteiger partial charge >= 0.3 is 0 Å². The van der Waals surface area contributed by atoms with Crippen LogP contribution in [0, 0.1) is 0 Å². The van der Waals surface area contributed by atoms with Crippen LogP contribution >= 0.6 is 23.1 Å². The van der Waals surface area contributed by atoms with Crippen LogP contribution in [0.15, 0.2) is 22.5 Å². The van der Waals surface area contributed by atoms with Crippen LogP contribution in [0.3, 0.4) is 0 Å². The Hall–Kier alpha value is -0.880. The van der Waals surface area contributed by atoms with Crippen LogP contribution in [0.5, 0.6) is 0 Å². The maximum absolute atomic E-state index is 4.44. The van der Waals surface area contributed by atoms with Gasteiger partial charge in [-0.3, -0.25) is 4.99 Å². The number of rotatable bonds is 4. The van der Waals surface area contributed by atoms with Crippen LogP contribution in [-0.2, 0) is 0 Å². The normalized spacial score (nSPS) is 17.2. The molecule has 2 heterocycles. The summed E-state index contributed by atoms with van der Waals surface area (Å²) in [6.45, 7) is 9.63. The highest BCUT2D eigenvalue weighted by Crippen LogP contribution is 2.22. The molecular formula is C15H26N4S2. The molecule has 21 heavy (non-hydrogen) atoms. The molecule has 1 saturated heterocycles. The highest BCUT2D eigenvalue weighted by atomic mass is 32.2. The number of hydrogen-bond donors (Lipinski definition) is 1. The molecule has 4 nitrogen and oxygen atoms in total. The maximum Gasteiger partial charge on any atom is 0.193 e. The number of guanidine groups is 1. The van der Waals surface area contributed by atoms with Crippen molar-refractivity contribution < 1.29 is 0 Å². The van der Waals surface area contributed by atoms with Gasteiger partial charge in [0.2, 0.25) is 0 Å². The number of nitrogens with one attached hydrogen (secondary N) is 1. The van der Waals surface area contributed by atoms with Gasteiger partial charge in [0.05, 0.1) is 5.00 Å². The number of piperazine rings is 1. The van der Waals surface area contributed by atoms with E-state index in [1.807, 2.05) is 30.1 Å². The van der Waals surface area contributed by atoms with Gasteiger partial charge in [0, 0.05) is 44.5 Å². The number of thiophene rings is 1. The van der Waals surface area contributed by atoms with Crippen molar-refractivity contribution in [2.45, 2.75) is 18.6 Å². The minimum absolute atomic E-state index is 0.231. The number of thioether (sulfide) groups is 1. The highest BCUT2D eigenvalue weighted by Gasteiger charge is 2.22. The average Bonchev–Trinajstić information content (AvgIpc) is 3.03. The third kappa shape index (κ3) is 4.54. The largest absolute Gasteiger partial charge is 0.360 e. The van der Waals surface area contributed by atoms with Gasteiger partial charge in [-0.25, -0.2) is 0 Å². The zero-order valence-corrected chi connectivity index (χ0v) is 15.1. The molecule has 2 rings (SSSR count). The summed E-state index contributed by atoms with van der Waals surface area (Å²) in [5.41, 5.74) is 0. The molecule has 118 valence electrons. The summed E-state index contributed by atoms with van der Waals surface area (Å²) in [7, 11) is 1.88. The molecule has 0 saturated carbocycles. The third-order valence-corrected chi connectivity index (χ3v) is 6.01. The second-order valence-electron chi connectivity index (χ2n) is 5.79. The van der Waals surface area contributed by atoms with E-state index in [9.17, 15) is 0 Å². The van der Waals surface area contributed by atoms with E-state index in [0.29, 0.717) is 0 Å². The quantitative estimate of drug-likeness (QED) is 0.681. The molecule has 1 aliphatic heterocycles. The van der Waals surface area contributed by atoms with Crippen LogP contribution in [0.2, 0.25) is 0 Å². The van der Waals surface area contributed by atoms with Crippen molar-refractivity contribution in [1.29, 1.82) is 0 Å². The van der Waals surface area contributed by atoms with Gasteiger partial charge in [0.1, 0.15) is 0 Å². The Morgan fingerprint density at radius 2 is 2.10 bits per heavy atom. The summed E-state index contributed by atoms with van der Waals surface area (Å²) in [6.07, 6.45) is 2.16. The fraction of sp³-hybridized carbons (Fsp3) is 0.667. The smallest absolute Gasteiger partial charge is 0.193 e. The highest BCUT2D eigenvalue weighted by molar-refractivity contribution is 7.99. The average molecular weight is 327 g/mol. The molecule has 0 spiro atoms. The molecule has 0 radical (unpaired) electrons. The van der Waals surface area contributed by atoms with Crippen molar-refractivity contribution in [1.82, 2.24) is 10.2 Å². The van der Waals surface area contributed by atoms with Crippen LogP contribution < -0.4 is 10.2 Å². The van der Waals surface area contributed by atoms with E-state index < -0.39 is 0 Å². The van der Waals surface area contributed by atoms with E-state index in [4.69, 9.17) is 0 Å². The van der Waals surface area contributed by atoms with Gasteiger partial charge in [0.25, 0.3) is 0 Å². The molecule has 1 N–H and O–H groups in total. The van der Waals surface area contributed by atoms with E-state index in [0.717, 1.165) is 38.7 Å². The summed E-state index contributed by atoms with van der Waals surface area (Å²) >= 11 is 3.70. The topological polar surface area (TPSA) is 30.9 Å². The molecule has 0 amide bonds. The fourth-order valence-corrected chi connectivity index (χ4v) is 3.29. The lowest BCUT2D eigenvalue weighted by molar-refractivity contribution is 0.372. The Morgan fingerprint density at radius 3 is 2.62 bits per heavy atom. The minimum Gasteiger partial charge on any atom is -0.360 e. The Morgan fingerprint density at radius 1 is 1.38 bits per heavy atom. The zero-order valence-electron chi connectivity index (χ0n) is 13.4. The molecule has 0 atom stereocenters. The lowest BCUT2D eigenvalue weighted by Gasteiger charge is -2.37. The second kappa shape index (κ2) is 7.40. The van der Waals surface area contributed by atoms with Crippen LogP contribution in [0.4, 0.5) is 5.00 Å². The van der Waals surface area contributed by atoms with E-state index in [-0.39, 0.29) is 4.75 Å². The zero-order chi connectivity index (χ0) is 15.3. The summed E-state index contributed by atoms with van der Waals surface area (Å²) < 4.78 is 0.231. The van der Waals surface area contributed by atoms with Crippen molar-refractivity contribution in [2.24, 2.45) is 4.99 Å². The van der Waals surface area contributed by atoms with Crippen LogP contribution in [-0.4, -0.2) is 61.6 Å². The first kappa shape index (κ1) is 16.5. The monoisotopic (exact) mass is 326 g/mol. The van der Waals surface area contributed by atoms with Crippen molar-refractivity contribution in [2.75, 3.05) is 50.9 Å². The van der Waals surface area contributed by atoms with Gasteiger partial charge in [-0.15, -0.1) is 11.3 Å². The lowest BCUT2D eigenvalue weighted by Crippen LogP contribution is -2.53. The molecule has 0 bridgehead atoms. The van der Waals surface area contributed by atoms with Gasteiger partial charge in [-0.1, -0.05) is 0 Å². The molecular weight excluding hydrogens is 300 g/mol. The summed E-state index contributed by atoms with van der Waals surface area (Å²) in [5, 5.41) is 7.04. The number of hydrogen-bond acceptors (Lipinski definition) is 4. The van der Waals surface area contributed by atoms with Crippen molar-refractivity contribution in [3.05, 3.63) is 17.5 Å². The molecule has 1 aromatic rings. The van der Waals surface area contributed by atoms with Crippen molar-refractivity contribution in [3.8, 4) is 0 Å². The van der Waals surface area contributed by atoms with Gasteiger partial charge in [-0.05, 0) is 37.6 Å². The predicted octanol–water partition coefficient (Wildman–Crippen LogP) is 2.59. The molecule has 0 unspecified atom stereocenters. The standard InChI is InChI=1S/C15H26N4S2/c1-15(2,20-4)12-17-14(16-3)19-9-7-18(8-10-19)13-6-5-11-21-13/h5-6,11H,7-10,12H2,1-4H3,(H,16,17). The Bertz CT molecular complexity index is 448. The third-order valence-electron chi connectivity index (χ3n) is 3.83. The van der Waals surface area contributed by atoms with E-state index in [1.54, 1.807) is 0 Å². The molecule has 1 aromatic heterocycles. The van der Waals surface area contributed by atoms with Crippen molar-refractivity contribution in [3.63, 3.8) is 0 Å². The summed E-state index contributed by atoms with van der Waals surface area (Å²) in [4.78, 5) is 9.26. The first-order valence-corrected chi connectivity index (χ1v) is 9.45. The predicted molar refractivity (Wildman–Crippen MR) is 97.1 cm³/mol. The Labute approximate surface area is 136 Å². The van der Waals surface area contributed by atoms with Gasteiger partial charge in [-0.2, -0.15) is 11.8 Å². The summed E-state index contributed by atoms with van der Waals surface area (Å²) in [6, 6.07) is 4.33. The van der Waals surface area contributed by atoms with Crippen molar-refractivity contribution >= 4 is 34.1 Å². The molecule has 0 aromatic carbocycles. The second-order valence-corrected chi connectivity index (χ2v) is 8.23. The first-order chi connectivity index (χ1) is 10.1. The van der Waals surface area contributed by atoms with Crippen LogP contribution in [0.25, 0.3) is 0 Å². The molecule has 1 aliphatic rings. The Balaban J connectivity index is 1.85. The number of anilines is 1. The minimum atomic E-state index is 0.231. The van der Waals surface area contributed by atoms with E-state index >= 15 is 0 Å². The molecule has 6 heteroatoms. The van der Waals surface area contributed by atoms with Gasteiger partial charge in [0.15, 0.2) is 5.96 Å². The van der Waals surface area contributed by atoms with Gasteiger partial charge < -0.3 is 15.1 Å². The molecule has 0 aliphatic carbocycles. The van der Waals surface area contributed by atoms with E-state index in [2.05, 4.69) is 57.7 Å². The number of nitrogens with zero attached hydrogens (tertiary/aromatic N) is 3. The fourth-order valence-electron chi connectivity index (χ4n) is 2.28. The SMILES string of the molecule is CN=C(NCC(C)(C)SC)N1CCN(c2cccs2)CC1. The molecule has 1 fully saturated rings. The lowest BCUT2D eigenvalue weighted by atomic mass is 10.2. The van der Waals surface area contributed by atoms with Crippen LogP contribution in [0.1, 0.15) is 13.8 Å². The summed E-state index contributed by atoms with van der Waals surface area (Å²) in [5.74, 6) is 1.03. The maximum atomic E-state index is 4.44.